The smallest absolute Gasteiger partial charge is 0.280 e. The van der Waals surface area contributed by atoms with E-state index in [-0.39, 0.29) is 53.0 Å². The minimum Gasteiger partial charge on any atom is -0.371 e. The topological polar surface area (TPSA) is 169 Å². The van der Waals surface area contributed by atoms with Crippen molar-refractivity contribution in [2.75, 3.05) is 63.2 Å². The van der Waals surface area contributed by atoms with Gasteiger partial charge in [-0.1, -0.05) is 29.5 Å². The second-order valence-electron chi connectivity index (χ2n) is 16.7. The molecular formula is C44H47FN10O5S. The van der Waals surface area contributed by atoms with Gasteiger partial charge in [-0.3, -0.25) is 34.0 Å². The molecule has 4 aliphatic heterocycles. The van der Waals surface area contributed by atoms with Gasteiger partial charge in [0.2, 0.25) is 17.7 Å². The zero-order chi connectivity index (χ0) is 42.4. The Kier molecular flexibility index (Phi) is 10.7. The minimum absolute atomic E-state index is 0.0138. The summed E-state index contributed by atoms with van der Waals surface area (Å²) in [6.45, 7) is 4.84. The maximum Gasteiger partial charge on any atom is 0.280 e. The van der Waals surface area contributed by atoms with Crippen LogP contribution in [0.3, 0.4) is 0 Å². The second-order valence-corrected chi connectivity index (χ2v) is 17.7. The fraction of sp³-hybridized carbons (Fsp3) is 0.386. The molecule has 61 heavy (non-hydrogen) atoms. The third kappa shape index (κ3) is 8.01. The molecule has 3 fully saturated rings. The van der Waals surface area contributed by atoms with E-state index in [4.69, 9.17) is 0 Å². The second kappa shape index (κ2) is 16.2. The molecule has 7 heterocycles. The van der Waals surface area contributed by atoms with Crippen LogP contribution in [-0.4, -0.2) is 118 Å². The lowest BCUT2D eigenvalue weighted by atomic mass is 9.72. The van der Waals surface area contributed by atoms with Crippen molar-refractivity contribution in [3.8, 4) is 11.1 Å². The summed E-state index contributed by atoms with van der Waals surface area (Å²) >= 11 is 1.31. The van der Waals surface area contributed by atoms with Gasteiger partial charge < -0.3 is 29.9 Å². The first-order valence-electron chi connectivity index (χ1n) is 20.7. The fourth-order valence-corrected chi connectivity index (χ4v) is 9.76. The van der Waals surface area contributed by atoms with E-state index in [1.54, 1.807) is 42.1 Å². The number of benzene rings is 2. The molecule has 5 aromatic rings. The molecule has 2 aromatic carbocycles. The number of amides is 5. The third-order valence-corrected chi connectivity index (χ3v) is 13.5. The Bertz CT molecular complexity index is 2550. The van der Waals surface area contributed by atoms with Gasteiger partial charge in [-0.05, 0) is 72.7 Å². The molecule has 1 atom stereocenters. The summed E-state index contributed by atoms with van der Waals surface area (Å²) in [6, 6.07) is 13.0. The van der Waals surface area contributed by atoms with Crippen molar-refractivity contribution in [3.05, 3.63) is 89.2 Å². The number of anilines is 2. The lowest BCUT2D eigenvalue weighted by Crippen LogP contribution is -2.60. The van der Waals surface area contributed by atoms with E-state index in [1.165, 1.54) is 16.2 Å². The van der Waals surface area contributed by atoms with E-state index < -0.39 is 23.7 Å². The number of aromatic amines is 1. The summed E-state index contributed by atoms with van der Waals surface area (Å²) in [5.41, 5.74) is 4.64. The number of aromatic nitrogens is 4. The summed E-state index contributed by atoms with van der Waals surface area (Å²) in [5, 5.41) is 11.0. The van der Waals surface area contributed by atoms with Crippen LogP contribution in [0.1, 0.15) is 64.4 Å². The Balaban J connectivity index is 0.870. The molecule has 316 valence electrons. The number of carbonyl (C=O) groups excluding carboxylic acids is 5. The lowest BCUT2D eigenvalue weighted by Gasteiger charge is -2.54. The van der Waals surface area contributed by atoms with Gasteiger partial charge in [-0.25, -0.2) is 9.37 Å². The van der Waals surface area contributed by atoms with Crippen LogP contribution in [0.25, 0.3) is 27.6 Å². The number of imide groups is 1. The van der Waals surface area contributed by atoms with Gasteiger partial charge in [-0.2, -0.15) is 5.10 Å². The summed E-state index contributed by atoms with van der Waals surface area (Å²) in [6.07, 6.45) is 10.6. The third-order valence-electron chi connectivity index (χ3n) is 12.4. The van der Waals surface area contributed by atoms with Crippen molar-refractivity contribution < 1.29 is 28.4 Å². The molecule has 5 amide bonds. The highest BCUT2D eigenvalue weighted by Crippen LogP contribution is 2.45. The van der Waals surface area contributed by atoms with Crippen LogP contribution in [0, 0.1) is 11.2 Å². The number of nitrogens with zero attached hydrogens (tertiary/aromatic N) is 7. The van der Waals surface area contributed by atoms with Crippen LogP contribution in [0.5, 0.6) is 0 Å². The zero-order valence-electron chi connectivity index (χ0n) is 34.1. The molecule has 0 bridgehead atoms. The average Bonchev–Trinajstić information content (AvgIpc) is 4.06. The molecule has 1 unspecified atom stereocenters. The van der Waals surface area contributed by atoms with Crippen molar-refractivity contribution in [2.45, 2.75) is 51.1 Å². The van der Waals surface area contributed by atoms with Crippen molar-refractivity contribution in [2.24, 2.45) is 5.41 Å². The maximum absolute atomic E-state index is 16.6. The Labute approximate surface area is 355 Å². The molecule has 3 saturated heterocycles. The molecule has 17 heteroatoms. The largest absolute Gasteiger partial charge is 0.371 e. The van der Waals surface area contributed by atoms with Gasteiger partial charge in [0, 0.05) is 107 Å². The molecule has 1 spiro atoms. The lowest BCUT2D eigenvalue weighted by molar-refractivity contribution is -0.134. The molecule has 3 aromatic heterocycles. The van der Waals surface area contributed by atoms with Crippen LogP contribution in [0.2, 0.25) is 0 Å². The highest BCUT2D eigenvalue weighted by Gasteiger charge is 2.45. The number of H-pyrrole nitrogens is 1. The van der Waals surface area contributed by atoms with Gasteiger partial charge >= 0.3 is 0 Å². The number of nitrogens with one attached hydrogen (secondary N) is 3. The number of thiazole rings is 1. The Morgan fingerprint density at radius 3 is 2.54 bits per heavy atom. The summed E-state index contributed by atoms with van der Waals surface area (Å²) < 4.78 is 18.3. The summed E-state index contributed by atoms with van der Waals surface area (Å²) in [4.78, 5) is 78.0. The number of hydrogen-bond donors (Lipinski definition) is 3. The molecule has 4 aliphatic rings. The molecule has 9 rings (SSSR count). The van der Waals surface area contributed by atoms with Crippen molar-refractivity contribution >= 4 is 68.0 Å². The van der Waals surface area contributed by atoms with Gasteiger partial charge in [0.15, 0.2) is 10.8 Å². The molecule has 0 saturated carbocycles. The highest BCUT2D eigenvalue weighted by molar-refractivity contribution is 7.17. The van der Waals surface area contributed by atoms with E-state index in [0.717, 1.165) is 66.4 Å². The monoisotopic (exact) mass is 846 g/mol. The van der Waals surface area contributed by atoms with E-state index in [2.05, 4.69) is 59.8 Å². The molecular weight excluding hydrogens is 800 g/mol. The number of rotatable bonds is 10. The number of piperidine rings is 2. The highest BCUT2D eigenvalue weighted by atomic mass is 32.1. The number of aryl methyl sites for hydroxylation is 1. The maximum atomic E-state index is 16.6. The van der Waals surface area contributed by atoms with Crippen LogP contribution < -0.4 is 20.4 Å². The van der Waals surface area contributed by atoms with Crippen molar-refractivity contribution in [1.82, 2.24) is 40.2 Å². The van der Waals surface area contributed by atoms with Crippen LogP contribution in [-0.2, 0) is 20.9 Å². The number of carbonyl (C=O) groups is 5. The Morgan fingerprint density at radius 1 is 1.03 bits per heavy atom. The van der Waals surface area contributed by atoms with Crippen molar-refractivity contribution in [3.63, 3.8) is 0 Å². The standard InChI is InChI=1S/C44H47FN10O5S/c1-51(2)43(60)34-22-32-30(21-31(38(45)39(32)48-34)28-5-3-16-53(24-28)36(57)12-18-55-17-4-15-47-55)27-6-8-29(9-7-27)52-19-13-44(14-20-52)25-54(26-44)37-23-46-42(61-37)41(59)49-33-10-11-35(56)50-40(33)58/h4-9,15,17,21-23,33,48H,3,10-14,16,18-20,24-26H2,1-2H3,(H,49,59)(H,50,56,58). The Hall–Kier alpha value is -6.36. The molecule has 3 N–H and O–H groups in total. The van der Waals surface area contributed by atoms with Gasteiger partial charge in [0.25, 0.3) is 11.8 Å². The first kappa shape index (κ1) is 40.1. The fourth-order valence-electron chi connectivity index (χ4n) is 8.94. The molecule has 0 radical (unpaired) electrons. The van der Waals surface area contributed by atoms with Crippen LogP contribution >= 0.6 is 11.3 Å². The first-order valence-corrected chi connectivity index (χ1v) is 21.5. The average molecular weight is 847 g/mol. The summed E-state index contributed by atoms with van der Waals surface area (Å²) in [5.74, 6) is -1.96. The minimum atomic E-state index is -0.745. The van der Waals surface area contributed by atoms with Gasteiger partial charge in [0.1, 0.15) is 16.7 Å². The van der Waals surface area contributed by atoms with E-state index >= 15 is 4.39 Å². The summed E-state index contributed by atoms with van der Waals surface area (Å²) in [7, 11) is 3.33. The SMILES string of the molecule is CN(C)C(=O)c1cc2c(-c3ccc(N4CCC5(CC4)CN(c4cnc(C(=O)NC6CCC(=O)NC6=O)s4)C5)cc3)cc(C3=CCCN(C(=O)CCn4cccn4)C3)c(F)c2[nH]1. The zero-order valence-corrected chi connectivity index (χ0v) is 34.9. The predicted molar refractivity (Wildman–Crippen MR) is 230 cm³/mol. The number of hydrogen-bond acceptors (Lipinski definition) is 10. The molecule has 15 nitrogen and oxygen atoms in total. The molecule has 0 aliphatic carbocycles. The first-order chi connectivity index (χ1) is 29.4. The van der Waals surface area contributed by atoms with E-state index in [9.17, 15) is 24.0 Å². The quantitative estimate of drug-likeness (QED) is 0.169. The Morgan fingerprint density at radius 2 is 1.82 bits per heavy atom. The van der Waals surface area contributed by atoms with Crippen molar-refractivity contribution in [1.29, 1.82) is 0 Å². The van der Waals surface area contributed by atoms with E-state index in [0.29, 0.717) is 42.6 Å². The number of fused-ring (bicyclic) bond motifs is 1. The van der Waals surface area contributed by atoms with E-state index in [1.807, 2.05) is 24.4 Å². The van der Waals surface area contributed by atoms with Crippen LogP contribution in [0.4, 0.5) is 15.1 Å². The van der Waals surface area contributed by atoms with Gasteiger partial charge in [-0.15, -0.1) is 0 Å². The van der Waals surface area contributed by atoms with Crippen LogP contribution in [0.15, 0.2) is 67.1 Å². The predicted octanol–water partition coefficient (Wildman–Crippen LogP) is 4.68. The van der Waals surface area contributed by atoms with Gasteiger partial charge in [0.05, 0.1) is 11.7 Å². The number of halogens is 1. The normalized spacial score (nSPS) is 18.8.